The number of ether oxygens (including phenoxy) is 1. The van der Waals surface area contributed by atoms with Gasteiger partial charge in [-0.25, -0.2) is 8.78 Å². The van der Waals surface area contributed by atoms with E-state index in [4.69, 9.17) is 4.74 Å². The average Bonchev–Trinajstić information content (AvgIpc) is 3.24. The van der Waals surface area contributed by atoms with Crippen LogP contribution in [-0.4, -0.2) is 39.2 Å². The first-order valence-electron chi connectivity index (χ1n) is 9.17. The Kier molecular flexibility index (Phi) is 6.84. The second-order valence-electron chi connectivity index (χ2n) is 6.32. The molecule has 148 valence electrons. The summed E-state index contributed by atoms with van der Waals surface area (Å²) >= 11 is 0. The zero-order chi connectivity index (χ0) is 19.8. The molecular weight excluding hydrogens is 362 g/mol. The lowest BCUT2D eigenvalue weighted by Crippen LogP contribution is -2.38. The van der Waals surface area contributed by atoms with Crippen LogP contribution in [0.3, 0.4) is 0 Å². The van der Waals surface area contributed by atoms with E-state index in [0.29, 0.717) is 19.0 Å². The predicted molar refractivity (Wildman–Crippen MR) is 108 cm³/mol. The van der Waals surface area contributed by atoms with Gasteiger partial charge in [0.2, 0.25) is 0 Å². The summed E-state index contributed by atoms with van der Waals surface area (Å²) in [5.74, 6) is -0.691. The van der Waals surface area contributed by atoms with Gasteiger partial charge < -0.3 is 20.3 Å². The molecule has 0 bridgehead atoms. The van der Waals surface area contributed by atoms with Crippen molar-refractivity contribution in [3.8, 4) is 5.75 Å². The van der Waals surface area contributed by atoms with Crippen LogP contribution in [0.15, 0.2) is 59.6 Å². The average molecular weight is 386 g/mol. The van der Waals surface area contributed by atoms with Crippen molar-refractivity contribution in [1.82, 2.24) is 10.6 Å². The number of nitrogens with zero attached hydrogens (tertiary/aromatic N) is 2. The lowest BCUT2D eigenvalue weighted by molar-refractivity contribution is 0.304. The van der Waals surface area contributed by atoms with Gasteiger partial charge in [0.05, 0.1) is 6.54 Å². The molecule has 0 aliphatic carbocycles. The standard InChI is InChI=1S/C21H24F2N4O/c1-24-21(25-9-12-28-20-8-7-17(22)14-19(20)23)26-15-16-5-4-6-18(13-16)27-10-2-3-11-27/h2-8,13-14H,9-12,15H2,1H3,(H2,24,25,26). The summed E-state index contributed by atoms with van der Waals surface area (Å²) in [5.41, 5.74) is 2.35. The molecule has 0 unspecified atom stereocenters. The first kappa shape index (κ1) is 19.7. The highest BCUT2D eigenvalue weighted by atomic mass is 19.1. The Morgan fingerprint density at radius 1 is 1.11 bits per heavy atom. The van der Waals surface area contributed by atoms with Crippen molar-refractivity contribution in [2.24, 2.45) is 4.99 Å². The molecule has 2 N–H and O–H groups in total. The van der Waals surface area contributed by atoms with Gasteiger partial charge in [-0.3, -0.25) is 4.99 Å². The highest BCUT2D eigenvalue weighted by Crippen LogP contribution is 2.18. The third-order valence-corrected chi connectivity index (χ3v) is 4.32. The van der Waals surface area contributed by atoms with E-state index in [1.807, 2.05) is 6.07 Å². The van der Waals surface area contributed by atoms with Gasteiger partial charge in [-0.1, -0.05) is 24.3 Å². The van der Waals surface area contributed by atoms with Crippen molar-refractivity contribution in [1.29, 1.82) is 0 Å². The fraction of sp³-hybridized carbons (Fsp3) is 0.286. The Morgan fingerprint density at radius 2 is 1.93 bits per heavy atom. The molecule has 3 rings (SSSR count). The fourth-order valence-electron chi connectivity index (χ4n) is 2.88. The first-order valence-corrected chi connectivity index (χ1v) is 9.17. The number of aliphatic imine (C=N–C) groups is 1. The van der Waals surface area contributed by atoms with E-state index in [0.717, 1.165) is 24.7 Å². The Labute approximate surface area is 163 Å². The molecule has 28 heavy (non-hydrogen) atoms. The second-order valence-corrected chi connectivity index (χ2v) is 6.32. The molecule has 0 saturated carbocycles. The number of hydrogen-bond donors (Lipinski definition) is 2. The monoisotopic (exact) mass is 386 g/mol. The molecule has 0 spiro atoms. The van der Waals surface area contributed by atoms with Crippen LogP contribution in [0.2, 0.25) is 0 Å². The lowest BCUT2D eigenvalue weighted by atomic mass is 10.2. The van der Waals surface area contributed by atoms with E-state index in [1.54, 1.807) is 7.05 Å². The Bertz CT molecular complexity index is 846. The number of hydrogen-bond acceptors (Lipinski definition) is 3. The van der Waals surface area contributed by atoms with E-state index >= 15 is 0 Å². The summed E-state index contributed by atoms with van der Waals surface area (Å²) in [6, 6.07) is 11.6. The number of anilines is 1. The summed E-state index contributed by atoms with van der Waals surface area (Å²) in [6.07, 6.45) is 4.33. The van der Waals surface area contributed by atoms with E-state index in [1.165, 1.54) is 17.8 Å². The van der Waals surface area contributed by atoms with Gasteiger partial charge in [0.15, 0.2) is 17.5 Å². The van der Waals surface area contributed by atoms with Gasteiger partial charge in [0.1, 0.15) is 12.4 Å². The Morgan fingerprint density at radius 3 is 2.68 bits per heavy atom. The van der Waals surface area contributed by atoms with Crippen molar-refractivity contribution in [3.05, 3.63) is 71.8 Å². The third-order valence-electron chi connectivity index (χ3n) is 4.32. The molecule has 1 heterocycles. The second kappa shape index (κ2) is 9.73. The zero-order valence-corrected chi connectivity index (χ0v) is 15.8. The molecule has 0 atom stereocenters. The van der Waals surface area contributed by atoms with Crippen LogP contribution >= 0.6 is 0 Å². The van der Waals surface area contributed by atoms with Crippen LogP contribution in [0.25, 0.3) is 0 Å². The quantitative estimate of drug-likeness (QED) is 0.332. The highest BCUT2D eigenvalue weighted by molar-refractivity contribution is 5.79. The topological polar surface area (TPSA) is 48.9 Å². The molecule has 2 aromatic rings. The summed E-state index contributed by atoms with van der Waals surface area (Å²) in [4.78, 5) is 6.47. The lowest BCUT2D eigenvalue weighted by Gasteiger charge is -2.19. The van der Waals surface area contributed by atoms with E-state index in [9.17, 15) is 8.78 Å². The van der Waals surface area contributed by atoms with Gasteiger partial charge in [-0.05, 0) is 29.8 Å². The van der Waals surface area contributed by atoms with Crippen molar-refractivity contribution in [2.45, 2.75) is 6.54 Å². The van der Waals surface area contributed by atoms with Gasteiger partial charge in [0, 0.05) is 38.4 Å². The number of rotatable bonds is 7. The molecule has 0 aromatic heterocycles. The van der Waals surface area contributed by atoms with Crippen molar-refractivity contribution >= 4 is 11.6 Å². The summed E-state index contributed by atoms with van der Waals surface area (Å²) < 4.78 is 31.7. The Balaban J connectivity index is 1.43. The van der Waals surface area contributed by atoms with Crippen LogP contribution in [0.4, 0.5) is 14.5 Å². The summed E-state index contributed by atoms with van der Waals surface area (Å²) in [7, 11) is 1.68. The van der Waals surface area contributed by atoms with Crippen LogP contribution < -0.4 is 20.3 Å². The zero-order valence-electron chi connectivity index (χ0n) is 15.8. The van der Waals surface area contributed by atoms with Crippen molar-refractivity contribution in [2.75, 3.05) is 38.2 Å². The van der Waals surface area contributed by atoms with Crippen LogP contribution in [0, 0.1) is 11.6 Å². The molecule has 0 saturated heterocycles. The van der Waals surface area contributed by atoms with Crippen molar-refractivity contribution in [3.63, 3.8) is 0 Å². The van der Waals surface area contributed by atoms with Gasteiger partial charge in [0.25, 0.3) is 0 Å². The maximum absolute atomic E-state index is 13.5. The van der Waals surface area contributed by atoms with E-state index in [2.05, 4.69) is 50.9 Å². The number of halogens is 2. The molecule has 0 radical (unpaired) electrons. The van der Waals surface area contributed by atoms with Gasteiger partial charge >= 0.3 is 0 Å². The molecule has 5 nitrogen and oxygen atoms in total. The molecule has 1 aliphatic heterocycles. The largest absolute Gasteiger partial charge is 0.489 e. The predicted octanol–water partition coefficient (Wildman–Crippen LogP) is 3.09. The molecule has 0 fully saturated rings. The van der Waals surface area contributed by atoms with Gasteiger partial charge in [-0.2, -0.15) is 0 Å². The maximum Gasteiger partial charge on any atom is 0.191 e. The van der Waals surface area contributed by atoms with Gasteiger partial charge in [-0.15, -0.1) is 0 Å². The highest BCUT2D eigenvalue weighted by Gasteiger charge is 2.08. The molecule has 2 aromatic carbocycles. The van der Waals surface area contributed by atoms with E-state index in [-0.39, 0.29) is 12.4 Å². The van der Waals surface area contributed by atoms with Crippen LogP contribution in [0.5, 0.6) is 5.75 Å². The molecule has 1 aliphatic rings. The molecule has 0 amide bonds. The Hall–Kier alpha value is -3.09. The first-order chi connectivity index (χ1) is 13.7. The van der Waals surface area contributed by atoms with E-state index < -0.39 is 11.6 Å². The smallest absolute Gasteiger partial charge is 0.191 e. The molecule has 7 heteroatoms. The number of benzene rings is 2. The summed E-state index contributed by atoms with van der Waals surface area (Å²) in [6.45, 7) is 3.16. The fourth-order valence-corrected chi connectivity index (χ4v) is 2.88. The SMILES string of the molecule is CN=C(NCCOc1ccc(F)cc1F)NCc1cccc(N2CC=CC2)c1. The minimum atomic E-state index is -0.712. The molecular formula is C21H24F2N4O. The summed E-state index contributed by atoms with van der Waals surface area (Å²) in [5, 5.41) is 6.35. The maximum atomic E-state index is 13.5. The number of guanidine groups is 1. The normalized spacial score (nSPS) is 13.7. The third kappa shape index (κ3) is 5.45. The minimum absolute atomic E-state index is 0.0272. The number of nitrogens with one attached hydrogen (secondary N) is 2. The minimum Gasteiger partial charge on any atom is -0.489 e. The van der Waals surface area contributed by atoms with Crippen molar-refractivity contribution < 1.29 is 13.5 Å². The van der Waals surface area contributed by atoms with Crippen LogP contribution in [0.1, 0.15) is 5.56 Å². The van der Waals surface area contributed by atoms with Crippen LogP contribution in [-0.2, 0) is 6.54 Å².